The van der Waals surface area contributed by atoms with Gasteiger partial charge in [0.1, 0.15) is 12.1 Å². The van der Waals surface area contributed by atoms with E-state index in [9.17, 15) is 19.1 Å². The molecule has 4 N–H and O–H groups in total. The number of aromatic nitrogens is 1. The third-order valence-corrected chi connectivity index (χ3v) is 5.43. The maximum atomic E-state index is 14.2. The van der Waals surface area contributed by atoms with Gasteiger partial charge in [-0.25, -0.2) is 4.39 Å². The van der Waals surface area contributed by atoms with E-state index in [0.29, 0.717) is 29.2 Å². The number of ether oxygens (including phenoxy) is 1. The van der Waals surface area contributed by atoms with E-state index in [2.05, 4.69) is 10.3 Å². The molecular weight excluding hydrogens is 465 g/mol. The van der Waals surface area contributed by atoms with Gasteiger partial charge in [-0.3, -0.25) is 9.59 Å². The van der Waals surface area contributed by atoms with Crippen LogP contribution in [0.3, 0.4) is 0 Å². The summed E-state index contributed by atoms with van der Waals surface area (Å²) < 4.78 is 24.4. The molecule has 34 heavy (non-hydrogen) atoms. The van der Waals surface area contributed by atoms with Crippen molar-refractivity contribution in [1.29, 1.82) is 0 Å². The van der Waals surface area contributed by atoms with E-state index >= 15 is 0 Å². The molecule has 0 saturated heterocycles. The Morgan fingerprint density at radius 2 is 2.00 bits per heavy atom. The average Bonchev–Trinajstić information content (AvgIpc) is 3.28. The van der Waals surface area contributed by atoms with Gasteiger partial charge in [0.25, 0.3) is 5.91 Å². The number of carboxylic acids is 1. The normalized spacial score (nSPS) is 12.7. The highest BCUT2D eigenvalue weighted by atomic mass is 35.5. The molecule has 0 aliphatic rings. The Hall–Kier alpha value is -3.43. The van der Waals surface area contributed by atoms with Crippen LogP contribution >= 0.6 is 11.6 Å². The van der Waals surface area contributed by atoms with Crippen molar-refractivity contribution in [2.45, 2.75) is 25.8 Å². The summed E-state index contributed by atoms with van der Waals surface area (Å²) in [6.07, 6.45) is 1.57. The summed E-state index contributed by atoms with van der Waals surface area (Å²) in [5.41, 5.74) is 7.46. The molecule has 0 fully saturated rings. The fraction of sp³-hybridized carbons (Fsp3) is 0.292. The molecule has 0 unspecified atom stereocenters. The Morgan fingerprint density at radius 3 is 2.65 bits per heavy atom. The lowest BCUT2D eigenvalue weighted by molar-refractivity contribution is -0.141. The number of carbonyl (C=O) groups excluding carboxylic acids is 1. The summed E-state index contributed by atoms with van der Waals surface area (Å²) >= 11 is 5.99. The lowest BCUT2D eigenvalue weighted by Crippen LogP contribution is -2.40. The minimum absolute atomic E-state index is 0.0138. The van der Waals surface area contributed by atoms with Crippen molar-refractivity contribution >= 4 is 23.5 Å². The number of amides is 1. The molecule has 1 heterocycles. The predicted octanol–water partition coefficient (Wildman–Crippen LogP) is 3.92. The monoisotopic (exact) mass is 489 g/mol. The Kier molecular flexibility index (Phi) is 8.61. The van der Waals surface area contributed by atoms with E-state index in [1.54, 1.807) is 37.3 Å². The third-order valence-electron chi connectivity index (χ3n) is 5.20. The number of nitrogens with two attached hydrogens (primary N) is 1. The van der Waals surface area contributed by atoms with Crippen molar-refractivity contribution in [3.05, 3.63) is 70.8 Å². The molecule has 0 spiro atoms. The molecule has 10 heteroatoms. The van der Waals surface area contributed by atoms with E-state index in [1.807, 2.05) is 0 Å². The van der Waals surface area contributed by atoms with Gasteiger partial charge in [-0.2, -0.15) is 4.98 Å². The van der Waals surface area contributed by atoms with E-state index < -0.39 is 29.7 Å². The van der Waals surface area contributed by atoms with Crippen LogP contribution in [0, 0.1) is 11.7 Å². The zero-order valence-corrected chi connectivity index (χ0v) is 19.2. The van der Waals surface area contributed by atoms with Crippen molar-refractivity contribution in [2.24, 2.45) is 11.7 Å². The first kappa shape index (κ1) is 25.2. The summed E-state index contributed by atoms with van der Waals surface area (Å²) in [5.74, 6) is -2.82. The Balaban J connectivity index is 1.78. The number of carboxylic acid groups (broad SMARTS) is 1. The number of hydrogen-bond acceptors (Lipinski definition) is 6. The van der Waals surface area contributed by atoms with Crippen molar-refractivity contribution in [3.63, 3.8) is 0 Å². The number of nitrogens with one attached hydrogen (secondary N) is 1. The van der Waals surface area contributed by atoms with Crippen LogP contribution in [0.5, 0.6) is 6.08 Å². The molecular formula is C24H25ClFN3O5. The van der Waals surface area contributed by atoms with E-state index in [1.165, 1.54) is 18.4 Å². The second kappa shape index (κ2) is 11.6. The molecule has 0 bridgehead atoms. The smallest absolute Gasteiger partial charge is 0.394 e. The highest BCUT2D eigenvalue weighted by molar-refractivity contribution is 6.30. The lowest BCUT2D eigenvalue weighted by atomic mass is 9.94. The first-order valence-corrected chi connectivity index (χ1v) is 11.0. The van der Waals surface area contributed by atoms with E-state index in [0.717, 1.165) is 5.56 Å². The van der Waals surface area contributed by atoms with Crippen LogP contribution in [-0.4, -0.2) is 41.2 Å². The molecule has 3 aromatic rings. The Morgan fingerprint density at radius 1 is 1.26 bits per heavy atom. The lowest BCUT2D eigenvalue weighted by Gasteiger charge is -2.21. The standard InChI is InChI=1S/C24H25ClFN3O5/c1-2-33-24-29-21(13-34-24)22(30)28-18(10-16(12-27)23(31)32)9-14-3-5-15(6-4-14)19-11-17(25)7-8-20(19)26/h3-8,11,13,16,18H,2,9-10,12,27H2,1H3,(H,28,30)(H,31,32)/t16-,18+/m0/s1. The maximum Gasteiger partial charge on any atom is 0.394 e. The summed E-state index contributed by atoms with van der Waals surface area (Å²) in [4.78, 5) is 28.2. The molecule has 2 aromatic carbocycles. The minimum atomic E-state index is -1.05. The number of carbonyl (C=O) groups is 2. The van der Waals surface area contributed by atoms with Gasteiger partial charge in [-0.1, -0.05) is 35.9 Å². The Bertz CT molecular complexity index is 1140. The molecule has 0 aliphatic heterocycles. The molecule has 0 saturated carbocycles. The number of nitrogens with zero attached hydrogens (tertiary/aromatic N) is 1. The van der Waals surface area contributed by atoms with Gasteiger partial charge in [0, 0.05) is 23.2 Å². The minimum Gasteiger partial charge on any atom is -0.481 e. The van der Waals surface area contributed by atoms with Crippen LogP contribution in [0.1, 0.15) is 29.4 Å². The quantitative estimate of drug-likeness (QED) is 0.372. The van der Waals surface area contributed by atoms with Gasteiger partial charge < -0.3 is 25.3 Å². The Labute approximate surface area is 200 Å². The van der Waals surface area contributed by atoms with Gasteiger partial charge in [0.05, 0.1) is 12.5 Å². The first-order valence-electron chi connectivity index (χ1n) is 10.7. The molecule has 180 valence electrons. The van der Waals surface area contributed by atoms with Crippen LogP contribution < -0.4 is 15.8 Å². The molecule has 8 nitrogen and oxygen atoms in total. The second-order valence-electron chi connectivity index (χ2n) is 7.63. The largest absolute Gasteiger partial charge is 0.481 e. The average molecular weight is 490 g/mol. The highest BCUT2D eigenvalue weighted by Crippen LogP contribution is 2.27. The van der Waals surface area contributed by atoms with Crippen molar-refractivity contribution in [1.82, 2.24) is 10.3 Å². The number of hydrogen-bond donors (Lipinski definition) is 3. The first-order chi connectivity index (χ1) is 16.3. The number of aliphatic carboxylic acids is 1. The molecule has 1 aromatic heterocycles. The topological polar surface area (TPSA) is 128 Å². The van der Waals surface area contributed by atoms with Gasteiger partial charge in [0.15, 0.2) is 5.69 Å². The summed E-state index contributed by atoms with van der Waals surface area (Å²) in [6.45, 7) is 2.01. The third kappa shape index (κ3) is 6.55. The fourth-order valence-corrected chi connectivity index (χ4v) is 3.64. The van der Waals surface area contributed by atoms with Gasteiger partial charge in [-0.05, 0) is 49.1 Å². The predicted molar refractivity (Wildman–Crippen MR) is 124 cm³/mol. The van der Waals surface area contributed by atoms with Crippen molar-refractivity contribution in [2.75, 3.05) is 13.2 Å². The summed E-state index contributed by atoms with van der Waals surface area (Å²) in [6, 6.07) is 10.8. The van der Waals surface area contributed by atoms with Crippen molar-refractivity contribution < 1.29 is 28.2 Å². The second-order valence-corrected chi connectivity index (χ2v) is 8.07. The van der Waals surface area contributed by atoms with E-state index in [4.69, 9.17) is 26.5 Å². The van der Waals surface area contributed by atoms with Crippen LogP contribution in [-0.2, 0) is 11.2 Å². The van der Waals surface area contributed by atoms with Crippen LogP contribution in [0.2, 0.25) is 5.02 Å². The van der Waals surface area contributed by atoms with Crippen molar-refractivity contribution in [3.8, 4) is 17.2 Å². The molecule has 0 radical (unpaired) electrons. The molecule has 0 aliphatic carbocycles. The number of halogens is 2. The van der Waals surface area contributed by atoms with E-state index in [-0.39, 0.29) is 24.7 Å². The highest BCUT2D eigenvalue weighted by Gasteiger charge is 2.24. The van der Waals surface area contributed by atoms with Gasteiger partial charge in [0.2, 0.25) is 0 Å². The van der Waals surface area contributed by atoms with Gasteiger partial charge in [-0.15, -0.1) is 0 Å². The number of benzene rings is 2. The summed E-state index contributed by atoms with van der Waals surface area (Å²) in [5, 5.41) is 12.7. The van der Waals surface area contributed by atoms with Gasteiger partial charge >= 0.3 is 12.0 Å². The number of rotatable bonds is 11. The fourth-order valence-electron chi connectivity index (χ4n) is 3.47. The zero-order chi connectivity index (χ0) is 24.7. The molecule has 1 amide bonds. The molecule has 2 atom stereocenters. The SMILES string of the molecule is CCOc1nc(C(=O)N[C@H](Cc2ccc(-c3cc(Cl)ccc3F)cc2)C[C@@H](CN)C(=O)O)co1. The maximum absolute atomic E-state index is 14.2. The van der Waals surface area contributed by atoms with Crippen LogP contribution in [0.15, 0.2) is 53.1 Å². The number of oxazole rings is 1. The van der Waals surface area contributed by atoms with Crippen LogP contribution in [0.25, 0.3) is 11.1 Å². The molecule has 3 rings (SSSR count). The van der Waals surface area contributed by atoms with Crippen LogP contribution in [0.4, 0.5) is 4.39 Å². The summed E-state index contributed by atoms with van der Waals surface area (Å²) in [7, 11) is 0. The zero-order valence-electron chi connectivity index (χ0n) is 18.5.